The fourth-order valence-corrected chi connectivity index (χ4v) is 3.16. The van der Waals surface area contributed by atoms with E-state index in [0.29, 0.717) is 0 Å². The molecule has 1 rings (SSSR count). The third kappa shape index (κ3) is 3.74. The van der Waals surface area contributed by atoms with Crippen LogP contribution in [0.2, 0.25) is 0 Å². The van der Waals surface area contributed by atoms with Gasteiger partial charge in [0.2, 0.25) is 10.0 Å². The van der Waals surface area contributed by atoms with Crippen LogP contribution >= 0.6 is 11.3 Å². The molecule has 0 radical (unpaired) electrons. The van der Waals surface area contributed by atoms with Gasteiger partial charge in [0.1, 0.15) is 5.01 Å². The minimum Gasteiger partial charge on any atom is -0.395 e. The van der Waals surface area contributed by atoms with Crippen molar-refractivity contribution in [1.82, 2.24) is 9.71 Å². The van der Waals surface area contributed by atoms with Gasteiger partial charge in [0, 0.05) is 11.1 Å². The molecule has 0 bridgehead atoms. The lowest BCUT2D eigenvalue weighted by Crippen LogP contribution is -2.36. The van der Waals surface area contributed by atoms with Gasteiger partial charge in [-0.15, -0.1) is 11.3 Å². The number of aliphatic hydroxyl groups excluding tert-OH is 1. The van der Waals surface area contributed by atoms with Crippen LogP contribution in [0.5, 0.6) is 0 Å². The molecule has 0 saturated heterocycles. The first kappa shape index (κ1) is 14.6. The lowest BCUT2D eigenvalue weighted by Gasteiger charge is -2.15. The average molecular weight is 278 g/mol. The molecule has 0 aliphatic rings. The Morgan fingerprint density at radius 2 is 2.18 bits per heavy atom. The van der Waals surface area contributed by atoms with Crippen molar-refractivity contribution < 1.29 is 13.5 Å². The number of thiazole rings is 1. The van der Waals surface area contributed by atoms with Crippen LogP contribution in [0.1, 0.15) is 36.7 Å². The number of rotatable bonds is 6. The zero-order chi connectivity index (χ0) is 13.1. The number of sulfonamides is 1. The molecule has 0 fully saturated rings. The topological polar surface area (TPSA) is 79.3 Å². The second-order valence-electron chi connectivity index (χ2n) is 3.90. The summed E-state index contributed by atoms with van der Waals surface area (Å²) >= 11 is 1.50. The fourth-order valence-electron chi connectivity index (χ4n) is 1.20. The number of aromatic nitrogens is 1. The zero-order valence-corrected chi connectivity index (χ0v) is 11.8. The van der Waals surface area contributed by atoms with Crippen LogP contribution in [0.3, 0.4) is 0 Å². The van der Waals surface area contributed by atoms with Crippen molar-refractivity contribution in [3.8, 4) is 0 Å². The van der Waals surface area contributed by atoms with Crippen molar-refractivity contribution in [3.05, 3.63) is 16.1 Å². The Hall–Kier alpha value is -0.500. The summed E-state index contributed by atoms with van der Waals surface area (Å²) in [7, 11) is -3.49. The molecule has 0 amide bonds. The summed E-state index contributed by atoms with van der Waals surface area (Å²) in [5.74, 6) is 0. The molecule has 0 aliphatic carbocycles. The van der Waals surface area contributed by atoms with Gasteiger partial charge >= 0.3 is 0 Å². The van der Waals surface area contributed by atoms with E-state index in [1.807, 2.05) is 6.92 Å². The molecule has 5 nitrogen and oxygen atoms in total. The molecular weight excluding hydrogens is 260 g/mol. The molecule has 1 heterocycles. The van der Waals surface area contributed by atoms with E-state index in [1.165, 1.54) is 18.3 Å². The summed E-state index contributed by atoms with van der Waals surface area (Å²) in [4.78, 5) is 5.31. The Balaban J connectivity index is 2.75. The van der Waals surface area contributed by atoms with Gasteiger partial charge in [-0.25, -0.2) is 18.1 Å². The number of aryl methyl sites for hydroxylation is 1. The molecule has 1 aromatic rings. The third-order valence-corrected chi connectivity index (χ3v) is 5.63. The molecule has 2 atom stereocenters. The number of hydrogen-bond acceptors (Lipinski definition) is 5. The molecule has 98 valence electrons. The highest BCUT2D eigenvalue weighted by atomic mass is 32.2. The van der Waals surface area contributed by atoms with Crippen LogP contribution in [0.15, 0.2) is 6.20 Å². The van der Waals surface area contributed by atoms with Crippen molar-refractivity contribution in [2.75, 3.05) is 6.61 Å². The summed E-state index contributed by atoms with van der Waals surface area (Å²) in [5.41, 5.74) is 0. The number of aliphatic hydroxyl groups is 1. The second kappa shape index (κ2) is 5.90. The van der Waals surface area contributed by atoms with E-state index in [0.717, 1.165) is 16.3 Å². The summed E-state index contributed by atoms with van der Waals surface area (Å²) in [6.45, 7) is 4.86. The summed E-state index contributed by atoms with van der Waals surface area (Å²) in [5, 5.41) is 8.80. The van der Waals surface area contributed by atoms with Gasteiger partial charge in [-0.1, -0.05) is 6.92 Å². The molecule has 17 heavy (non-hydrogen) atoms. The van der Waals surface area contributed by atoms with E-state index in [9.17, 15) is 8.42 Å². The van der Waals surface area contributed by atoms with E-state index in [-0.39, 0.29) is 12.6 Å². The summed E-state index contributed by atoms with van der Waals surface area (Å²) < 4.78 is 26.0. The molecule has 7 heteroatoms. The molecular formula is C10H18N2O3S2. The van der Waals surface area contributed by atoms with Crippen molar-refractivity contribution in [2.45, 2.75) is 38.5 Å². The molecule has 0 aliphatic heterocycles. The lowest BCUT2D eigenvalue weighted by atomic mass is 10.4. The van der Waals surface area contributed by atoms with Gasteiger partial charge in [0.15, 0.2) is 0 Å². The molecule has 2 N–H and O–H groups in total. The van der Waals surface area contributed by atoms with Crippen LogP contribution in [-0.2, 0) is 16.4 Å². The van der Waals surface area contributed by atoms with Gasteiger partial charge < -0.3 is 5.11 Å². The van der Waals surface area contributed by atoms with Gasteiger partial charge in [0.05, 0.1) is 17.9 Å². The summed E-state index contributed by atoms with van der Waals surface area (Å²) in [6.07, 6.45) is 2.66. The van der Waals surface area contributed by atoms with Crippen molar-refractivity contribution >= 4 is 21.4 Å². The van der Waals surface area contributed by atoms with Crippen LogP contribution in [0.25, 0.3) is 0 Å². The average Bonchev–Trinajstić information content (AvgIpc) is 2.75. The third-order valence-electron chi connectivity index (χ3n) is 2.42. The molecule has 0 aromatic carbocycles. The van der Waals surface area contributed by atoms with Crippen LogP contribution in [0.4, 0.5) is 0 Å². The maximum absolute atomic E-state index is 11.7. The van der Waals surface area contributed by atoms with Crippen molar-refractivity contribution in [1.29, 1.82) is 0 Å². The molecule has 1 aromatic heterocycles. The summed E-state index contributed by atoms with van der Waals surface area (Å²) in [6, 6.07) is -0.362. The van der Waals surface area contributed by atoms with E-state index in [2.05, 4.69) is 9.71 Å². The highest BCUT2D eigenvalue weighted by Crippen LogP contribution is 2.21. The fraction of sp³-hybridized carbons (Fsp3) is 0.700. The van der Waals surface area contributed by atoms with Gasteiger partial charge in [-0.3, -0.25) is 0 Å². The van der Waals surface area contributed by atoms with Gasteiger partial charge in [-0.2, -0.15) is 0 Å². The van der Waals surface area contributed by atoms with E-state index in [4.69, 9.17) is 5.11 Å². The smallest absolute Gasteiger partial charge is 0.217 e. The van der Waals surface area contributed by atoms with Crippen LogP contribution in [-0.4, -0.2) is 30.4 Å². The Bertz CT molecular complexity index is 456. The highest BCUT2D eigenvalue weighted by Gasteiger charge is 2.23. The predicted octanol–water partition coefficient (Wildman–Crippen LogP) is 1.07. The second-order valence-corrected chi connectivity index (χ2v) is 7.17. The normalized spacial score (nSPS) is 15.8. The number of nitrogens with one attached hydrogen (secondary N) is 1. The first-order valence-electron chi connectivity index (χ1n) is 5.47. The Labute approximate surface area is 106 Å². The quantitative estimate of drug-likeness (QED) is 0.815. The van der Waals surface area contributed by atoms with Crippen LogP contribution in [0, 0.1) is 0 Å². The monoisotopic (exact) mass is 278 g/mol. The van der Waals surface area contributed by atoms with Gasteiger partial charge in [0.25, 0.3) is 0 Å². The Kier molecular flexibility index (Phi) is 5.05. The number of nitrogens with zero attached hydrogens (tertiary/aromatic N) is 1. The Morgan fingerprint density at radius 3 is 2.65 bits per heavy atom. The predicted molar refractivity (Wildman–Crippen MR) is 68.5 cm³/mol. The number of hydrogen-bond donors (Lipinski definition) is 2. The minimum atomic E-state index is -3.49. The molecule has 0 spiro atoms. The van der Waals surface area contributed by atoms with Gasteiger partial charge in [-0.05, 0) is 20.3 Å². The zero-order valence-electron chi connectivity index (χ0n) is 10.2. The maximum atomic E-state index is 11.7. The van der Waals surface area contributed by atoms with Crippen molar-refractivity contribution in [3.63, 3.8) is 0 Å². The first-order chi connectivity index (χ1) is 7.90. The van der Waals surface area contributed by atoms with Crippen molar-refractivity contribution in [2.24, 2.45) is 0 Å². The molecule has 0 saturated carbocycles. The van der Waals surface area contributed by atoms with E-state index in [1.54, 1.807) is 13.1 Å². The minimum absolute atomic E-state index is 0.362. The first-order valence-corrected chi connectivity index (χ1v) is 7.83. The largest absolute Gasteiger partial charge is 0.395 e. The Morgan fingerprint density at radius 1 is 1.53 bits per heavy atom. The van der Waals surface area contributed by atoms with Crippen LogP contribution < -0.4 is 4.72 Å². The molecule has 2 unspecified atom stereocenters. The highest BCUT2D eigenvalue weighted by molar-refractivity contribution is 7.90. The maximum Gasteiger partial charge on any atom is 0.217 e. The SMILES string of the molecule is CCc1cnc(C(C)NS(=O)(=O)C(C)CO)s1. The van der Waals surface area contributed by atoms with E-state index >= 15 is 0 Å². The standard InChI is InChI=1S/C10H18N2O3S2/c1-4-9-5-11-10(16-9)8(3)12-17(14,15)7(2)6-13/h5,7-8,12-13H,4,6H2,1-3H3. The lowest BCUT2D eigenvalue weighted by molar-refractivity contribution is 0.294. The van der Waals surface area contributed by atoms with E-state index < -0.39 is 15.3 Å².